The van der Waals surface area contributed by atoms with Gasteiger partial charge in [-0.15, -0.1) is 11.3 Å². The molecule has 0 spiro atoms. The minimum atomic E-state index is 0.392. The third-order valence-corrected chi connectivity index (χ3v) is 4.86. The van der Waals surface area contributed by atoms with Crippen LogP contribution in [0.3, 0.4) is 0 Å². The summed E-state index contributed by atoms with van der Waals surface area (Å²) in [6, 6.07) is 6.33. The van der Waals surface area contributed by atoms with E-state index in [4.69, 9.17) is 16.6 Å². The van der Waals surface area contributed by atoms with Crippen LogP contribution in [0.2, 0.25) is 5.02 Å². The maximum Gasteiger partial charge on any atom is 0.111 e. The average molecular weight is 282 g/mol. The highest BCUT2D eigenvalue weighted by Crippen LogP contribution is 2.30. The number of thiazole rings is 1. The molecule has 1 fully saturated rings. The second-order valence-corrected chi connectivity index (χ2v) is 6.12. The number of halogens is 1. The van der Waals surface area contributed by atoms with Gasteiger partial charge in [0, 0.05) is 31.2 Å². The van der Waals surface area contributed by atoms with Crippen molar-refractivity contribution in [2.75, 3.05) is 26.2 Å². The number of nitrogens with one attached hydrogen (secondary N) is 1. The van der Waals surface area contributed by atoms with E-state index in [0.29, 0.717) is 6.04 Å². The second-order valence-electron chi connectivity index (χ2n) is 4.63. The van der Waals surface area contributed by atoms with Gasteiger partial charge in [0.25, 0.3) is 0 Å². The predicted octanol–water partition coefficient (Wildman–Crippen LogP) is 2.92. The van der Waals surface area contributed by atoms with E-state index < -0.39 is 0 Å². The Labute approximate surface area is 116 Å². The van der Waals surface area contributed by atoms with Gasteiger partial charge in [0.2, 0.25) is 0 Å². The quantitative estimate of drug-likeness (QED) is 0.917. The smallest absolute Gasteiger partial charge is 0.111 e. The average Bonchev–Trinajstić information content (AvgIpc) is 2.81. The fourth-order valence-corrected chi connectivity index (χ4v) is 3.52. The van der Waals surface area contributed by atoms with Gasteiger partial charge in [-0.25, -0.2) is 4.98 Å². The molecule has 5 heteroatoms. The zero-order chi connectivity index (χ0) is 12.5. The van der Waals surface area contributed by atoms with Gasteiger partial charge in [-0.2, -0.15) is 0 Å². The number of hydrogen-bond acceptors (Lipinski definition) is 4. The molecule has 96 valence electrons. The topological polar surface area (TPSA) is 28.2 Å². The van der Waals surface area contributed by atoms with E-state index in [1.807, 2.05) is 12.1 Å². The highest BCUT2D eigenvalue weighted by atomic mass is 35.5. The van der Waals surface area contributed by atoms with Crippen molar-refractivity contribution in [1.29, 1.82) is 0 Å². The van der Waals surface area contributed by atoms with Gasteiger partial charge in [0.1, 0.15) is 5.01 Å². The van der Waals surface area contributed by atoms with Gasteiger partial charge in [-0.3, -0.25) is 4.90 Å². The molecule has 2 aromatic rings. The van der Waals surface area contributed by atoms with Gasteiger partial charge in [-0.05, 0) is 25.1 Å². The molecule has 18 heavy (non-hydrogen) atoms. The first-order valence-electron chi connectivity index (χ1n) is 6.25. The Bertz CT molecular complexity index is 548. The number of benzene rings is 1. The fraction of sp³-hybridized carbons (Fsp3) is 0.462. The van der Waals surface area contributed by atoms with Gasteiger partial charge >= 0.3 is 0 Å². The fourth-order valence-electron chi connectivity index (χ4n) is 2.32. The van der Waals surface area contributed by atoms with Crippen molar-refractivity contribution < 1.29 is 0 Å². The molecule has 2 heterocycles. The minimum absolute atomic E-state index is 0.392. The van der Waals surface area contributed by atoms with Crippen LogP contribution >= 0.6 is 22.9 Å². The van der Waals surface area contributed by atoms with Gasteiger partial charge in [0.15, 0.2) is 0 Å². The Hall–Kier alpha value is -0.680. The van der Waals surface area contributed by atoms with Crippen molar-refractivity contribution in [3.8, 4) is 0 Å². The first kappa shape index (κ1) is 12.4. The van der Waals surface area contributed by atoms with Crippen LogP contribution in [0.25, 0.3) is 10.2 Å². The zero-order valence-corrected chi connectivity index (χ0v) is 11.9. The highest BCUT2D eigenvalue weighted by molar-refractivity contribution is 7.18. The van der Waals surface area contributed by atoms with Crippen LogP contribution in [0.1, 0.15) is 18.0 Å². The number of rotatable bonds is 2. The molecule has 1 N–H and O–H groups in total. The summed E-state index contributed by atoms with van der Waals surface area (Å²) in [5.41, 5.74) is 1.02. The van der Waals surface area contributed by atoms with Crippen molar-refractivity contribution in [2.45, 2.75) is 13.0 Å². The van der Waals surface area contributed by atoms with Crippen LogP contribution in [0.5, 0.6) is 0 Å². The minimum Gasteiger partial charge on any atom is -0.314 e. The highest BCUT2D eigenvalue weighted by Gasteiger charge is 2.20. The third-order valence-electron chi connectivity index (χ3n) is 3.42. The number of aromatic nitrogens is 1. The molecule has 3 nitrogen and oxygen atoms in total. The summed E-state index contributed by atoms with van der Waals surface area (Å²) >= 11 is 7.78. The maximum absolute atomic E-state index is 6.00. The number of nitrogens with zero attached hydrogens (tertiary/aromatic N) is 2. The van der Waals surface area contributed by atoms with Crippen LogP contribution in [-0.4, -0.2) is 36.1 Å². The van der Waals surface area contributed by atoms with E-state index in [9.17, 15) is 0 Å². The van der Waals surface area contributed by atoms with E-state index in [-0.39, 0.29) is 0 Å². The Morgan fingerprint density at radius 3 is 2.94 bits per heavy atom. The van der Waals surface area contributed by atoms with E-state index >= 15 is 0 Å². The summed E-state index contributed by atoms with van der Waals surface area (Å²) in [5, 5.41) is 5.33. The molecular weight excluding hydrogens is 266 g/mol. The van der Waals surface area contributed by atoms with E-state index in [1.165, 1.54) is 9.71 Å². The standard InChI is InChI=1S/C13H16ClN3S/c1-9(17-6-4-15-5-7-17)13-16-11-8-10(14)2-3-12(11)18-13/h2-3,8-9,15H,4-7H2,1H3. The number of hydrogen-bond donors (Lipinski definition) is 1. The molecule has 1 aromatic heterocycles. The summed E-state index contributed by atoms with van der Waals surface area (Å²) in [7, 11) is 0. The largest absolute Gasteiger partial charge is 0.314 e. The lowest BCUT2D eigenvalue weighted by Gasteiger charge is -2.31. The molecule has 0 bridgehead atoms. The summed E-state index contributed by atoms with van der Waals surface area (Å²) in [6.07, 6.45) is 0. The zero-order valence-electron chi connectivity index (χ0n) is 10.3. The van der Waals surface area contributed by atoms with Gasteiger partial charge < -0.3 is 5.32 Å². The molecule has 1 aromatic carbocycles. The summed E-state index contributed by atoms with van der Waals surface area (Å²) in [6.45, 7) is 6.57. The van der Waals surface area contributed by atoms with Crippen LogP contribution in [-0.2, 0) is 0 Å². The van der Waals surface area contributed by atoms with Gasteiger partial charge in [-0.1, -0.05) is 11.6 Å². The van der Waals surface area contributed by atoms with Crippen LogP contribution < -0.4 is 5.32 Å². The Morgan fingerprint density at radius 1 is 1.39 bits per heavy atom. The van der Waals surface area contributed by atoms with E-state index in [1.54, 1.807) is 11.3 Å². The molecule has 1 aliphatic heterocycles. The van der Waals surface area contributed by atoms with Crippen molar-refractivity contribution in [3.63, 3.8) is 0 Å². The Kier molecular flexibility index (Phi) is 3.52. The SMILES string of the molecule is CC(c1nc2cc(Cl)ccc2s1)N1CCNCC1. The molecule has 0 aliphatic carbocycles. The Balaban J connectivity index is 1.88. The second kappa shape index (κ2) is 5.13. The van der Waals surface area contributed by atoms with E-state index in [0.717, 1.165) is 36.7 Å². The van der Waals surface area contributed by atoms with E-state index in [2.05, 4.69) is 23.2 Å². The molecule has 3 rings (SSSR count). The van der Waals surface area contributed by atoms with Crippen molar-refractivity contribution in [1.82, 2.24) is 15.2 Å². The summed E-state index contributed by atoms with van der Waals surface area (Å²) in [5.74, 6) is 0. The number of fused-ring (bicyclic) bond motifs is 1. The molecule has 1 saturated heterocycles. The van der Waals surface area contributed by atoms with Crippen molar-refractivity contribution in [3.05, 3.63) is 28.2 Å². The van der Waals surface area contributed by atoms with Crippen molar-refractivity contribution >= 4 is 33.2 Å². The normalized spacial score (nSPS) is 19.2. The monoisotopic (exact) mass is 281 g/mol. The molecule has 0 saturated carbocycles. The lowest BCUT2D eigenvalue weighted by atomic mass is 10.2. The molecule has 1 unspecified atom stereocenters. The molecule has 0 radical (unpaired) electrons. The third kappa shape index (κ3) is 2.38. The van der Waals surface area contributed by atoms with Crippen molar-refractivity contribution in [2.24, 2.45) is 0 Å². The molecular formula is C13H16ClN3S. The van der Waals surface area contributed by atoms with Gasteiger partial charge in [0.05, 0.1) is 16.3 Å². The van der Waals surface area contributed by atoms with Crippen LogP contribution in [0.15, 0.2) is 18.2 Å². The molecule has 1 aliphatic rings. The maximum atomic E-state index is 6.00. The lowest BCUT2D eigenvalue weighted by Crippen LogP contribution is -2.44. The first-order valence-corrected chi connectivity index (χ1v) is 7.44. The van der Waals surface area contributed by atoms with Crippen LogP contribution in [0.4, 0.5) is 0 Å². The first-order chi connectivity index (χ1) is 8.74. The molecule has 0 amide bonds. The summed E-state index contributed by atoms with van der Waals surface area (Å²) in [4.78, 5) is 7.20. The summed E-state index contributed by atoms with van der Waals surface area (Å²) < 4.78 is 1.22. The van der Waals surface area contributed by atoms with Crippen LogP contribution in [0, 0.1) is 0 Å². The molecule has 1 atom stereocenters. The Morgan fingerprint density at radius 2 is 2.17 bits per heavy atom. The number of piperazine rings is 1. The predicted molar refractivity (Wildman–Crippen MR) is 77.5 cm³/mol. The lowest BCUT2D eigenvalue weighted by molar-refractivity contribution is 0.185.